The van der Waals surface area contributed by atoms with E-state index in [1.807, 2.05) is 24.3 Å². The molecule has 0 bridgehead atoms. The van der Waals surface area contributed by atoms with Crippen molar-refractivity contribution in [2.45, 2.75) is 0 Å². The summed E-state index contributed by atoms with van der Waals surface area (Å²) >= 11 is 0. The molecule has 0 unspecified atom stereocenters. The number of hydrogen-bond acceptors (Lipinski definition) is 8. The third-order valence-electron chi connectivity index (χ3n) is 3.03. The largest absolute Gasteiger partial charge is 0.497 e. The molecule has 0 aliphatic rings. The number of methoxy groups -OCH3 is 3. The summed E-state index contributed by atoms with van der Waals surface area (Å²) in [6.45, 7) is 0. The Labute approximate surface area is 131 Å². The lowest BCUT2D eigenvalue weighted by molar-refractivity contribution is 0.338. The molecule has 0 radical (unpaired) electrons. The normalized spacial score (nSPS) is 10.4. The van der Waals surface area contributed by atoms with E-state index in [0.717, 1.165) is 11.3 Å². The lowest BCUT2D eigenvalue weighted by Gasteiger charge is -2.03. The van der Waals surface area contributed by atoms with E-state index < -0.39 is 0 Å². The van der Waals surface area contributed by atoms with Crippen LogP contribution in [0.15, 0.2) is 30.5 Å². The predicted octanol–water partition coefficient (Wildman–Crippen LogP) is 1.15. The van der Waals surface area contributed by atoms with Gasteiger partial charge >= 0.3 is 12.0 Å². The SMILES string of the molecule is COc1ccc(-c2cn(-c3nc(OC)nc(OC)n3)nn2)cc1. The fourth-order valence-electron chi connectivity index (χ4n) is 1.87. The molecule has 23 heavy (non-hydrogen) atoms. The molecule has 0 N–H and O–H groups in total. The molecule has 0 saturated heterocycles. The van der Waals surface area contributed by atoms with E-state index >= 15 is 0 Å². The van der Waals surface area contributed by atoms with E-state index in [1.165, 1.54) is 18.9 Å². The van der Waals surface area contributed by atoms with Gasteiger partial charge in [0.15, 0.2) is 0 Å². The van der Waals surface area contributed by atoms with Gasteiger partial charge in [-0.05, 0) is 24.3 Å². The summed E-state index contributed by atoms with van der Waals surface area (Å²) in [5, 5.41) is 8.15. The zero-order chi connectivity index (χ0) is 16.2. The average Bonchev–Trinajstić information content (AvgIpc) is 3.11. The number of benzene rings is 1. The van der Waals surface area contributed by atoms with Crippen molar-refractivity contribution in [3.8, 4) is 35.0 Å². The van der Waals surface area contributed by atoms with Crippen LogP contribution in [0.3, 0.4) is 0 Å². The standard InChI is InChI=1S/C14H14N6O3/c1-21-10-6-4-9(5-7-10)11-8-20(19-18-11)12-15-13(22-2)17-14(16-12)23-3/h4-8H,1-3H3. The van der Waals surface area contributed by atoms with E-state index in [2.05, 4.69) is 25.3 Å². The number of ether oxygens (including phenoxy) is 3. The highest BCUT2D eigenvalue weighted by molar-refractivity contribution is 5.59. The van der Waals surface area contributed by atoms with Gasteiger partial charge in [-0.1, -0.05) is 5.21 Å². The average molecular weight is 314 g/mol. The van der Waals surface area contributed by atoms with Gasteiger partial charge in [0.1, 0.15) is 11.4 Å². The summed E-state index contributed by atoms with van der Waals surface area (Å²) in [4.78, 5) is 12.2. The van der Waals surface area contributed by atoms with Crippen LogP contribution in [0.1, 0.15) is 0 Å². The second-order valence-corrected chi connectivity index (χ2v) is 4.39. The van der Waals surface area contributed by atoms with Gasteiger partial charge in [-0.3, -0.25) is 0 Å². The van der Waals surface area contributed by atoms with Crippen LogP contribution in [0.2, 0.25) is 0 Å². The summed E-state index contributed by atoms with van der Waals surface area (Å²) in [7, 11) is 4.54. The van der Waals surface area contributed by atoms with Crippen LogP contribution in [-0.2, 0) is 0 Å². The molecule has 3 aromatic rings. The maximum atomic E-state index is 5.13. The van der Waals surface area contributed by atoms with Crippen molar-refractivity contribution in [1.29, 1.82) is 0 Å². The molecular weight excluding hydrogens is 300 g/mol. The second-order valence-electron chi connectivity index (χ2n) is 4.39. The lowest BCUT2D eigenvalue weighted by Crippen LogP contribution is -2.07. The molecule has 0 spiro atoms. The Bertz CT molecular complexity index is 780. The Balaban J connectivity index is 1.94. The Hall–Kier alpha value is -3.23. The Morgan fingerprint density at radius 1 is 0.826 bits per heavy atom. The van der Waals surface area contributed by atoms with Crippen molar-refractivity contribution in [2.24, 2.45) is 0 Å². The first-order chi connectivity index (χ1) is 11.2. The smallest absolute Gasteiger partial charge is 0.324 e. The van der Waals surface area contributed by atoms with Gasteiger partial charge < -0.3 is 14.2 Å². The van der Waals surface area contributed by atoms with E-state index in [4.69, 9.17) is 14.2 Å². The van der Waals surface area contributed by atoms with Gasteiger partial charge in [0.2, 0.25) is 0 Å². The van der Waals surface area contributed by atoms with Crippen LogP contribution < -0.4 is 14.2 Å². The minimum Gasteiger partial charge on any atom is -0.497 e. The zero-order valence-electron chi connectivity index (χ0n) is 12.8. The number of hydrogen-bond donors (Lipinski definition) is 0. The predicted molar refractivity (Wildman–Crippen MR) is 79.8 cm³/mol. The molecule has 1 aromatic carbocycles. The van der Waals surface area contributed by atoms with Crippen molar-refractivity contribution in [3.63, 3.8) is 0 Å². The van der Waals surface area contributed by atoms with E-state index in [-0.39, 0.29) is 18.0 Å². The van der Waals surface area contributed by atoms with Crippen molar-refractivity contribution in [2.75, 3.05) is 21.3 Å². The topological polar surface area (TPSA) is 97.1 Å². The monoisotopic (exact) mass is 314 g/mol. The first kappa shape index (κ1) is 14.7. The molecule has 0 saturated carbocycles. The van der Waals surface area contributed by atoms with Crippen molar-refractivity contribution in [3.05, 3.63) is 30.5 Å². The summed E-state index contributed by atoms with van der Waals surface area (Å²) in [6, 6.07) is 7.75. The third kappa shape index (κ3) is 3.03. The molecule has 9 heteroatoms. The summed E-state index contributed by atoms with van der Waals surface area (Å²) in [5.41, 5.74) is 1.57. The zero-order valence-corrected chi connectivity index (χ0v) is 12.8. The highest BCUT2D eigenvalue weighted by Gasteiger charge is 2.12. The third-order valence-corrected chi connectivity index (χ3v) is 3.03. The number of nitrogens with zero attached hydrogens (tertiary/aromatic N) is 6. The molecule has 0 atom stereocenters. The Morgan fingerprint density at radius 3 is 2.04 bits per heavy atom. The van der Waals surface area contributed by atoms with Crippen LogP contribution in [0.5, 0.6) is 17.8 Å². The Kier molecular flexibility index (Phi) is 4.00. The maximum Gasteiger partial charge on any atom is 0.324 e. The molecule has 0 fully saturated rings. The van der Waals surface area contributed by atoms with Gasteiger partial charge in [0.05, 0.1) is 27.5 Å². The van der Waals surface area contributed by atoms with Crippen LogP contribution >= 0.6 is 0 Å². The van der Waals surface area contributed by atoms with Gasteiger partial charge in [-0.25, -0.2) is 0 Å². The number of aromatic nitrogens is 6. The fourth-order valence-corrected chi connectivity index (χ4v) is 1.87. The van der Waals surface area contributed by atoms with Crippen molar-refractivity contribution >= 4 is 0 Å². The van der Waals surface area contributed by atoms with E-state index in [9.17, 15) is 0 Å². The summed E-state index contributed by atoms with van der Waals surface area (Å²) in [6.07, 6.45) is 1.70. The van der Waals surface area contributed by atoms with Crippen LogP contribution in [0.4, 0.5) is 0 Å². The fraction of sp³-hybridized carbons (Fsp3) is 0.214. The first-order valence-corrected chi connectivity index (χ1v) is 6.64. The molecule has 0 amide bonds. The molecule has 0 aliphatic carbocycles. The van der Waals surface area contributed by atoms with Crippen molar-refractivity contribution < 1.29 is 14.2 Å². The summed E-state index contributed by atoms with van der Waals surface area (Å²) in [5.74, 6) is 1.02. The van der Waals surface area contributed by atoms with Crippen LogP contribution in [0.25, 0.3) is 17.2 Å². The van der Waals surface area contributed by atoms with Crippen LogP contribution in [-0.4, -0.2) is 51.3 Å². The van der Waals surface area contributed by atoms with Crippen molar-refractivity contribution in [1.82, 2.24) is 29.9 Å². The van der Waals surface area contributed by atoms with Gasteiger partial charge in [-0.15, -0.1) is 10.1 Å². The minimum absolute atomic E-state index is 0.133. The Morgan fingerprint density at radius 2 is 1.48 bits per heavy atom. The second kappa shape index (κ2) is 6.26. The minimum atomic E-state index is 0.133. The van der Waals surface area contributed by atoms with Crippen LogP contribution in [0, 0.1) is 0 Å². The van der Waals surface area contributed by atoms with Gasteiger partial charge in [0, 0.05) is 5.56 Å². The molecule has 118 valence electrons. The molecule has 3 rings (SSSR count). The lowest BCUT2D eigenvalue weighted by atomic mass is 10.2. The quantitative estimate of drug-likeness (QED) is 0.691. The van der Waals surface area contributed by atoms with Gasteiger partial charge in [-0.2, -0.15) is 14.6 Å². The summed E-state index contributed by atoms with van der Waals surface area (Å²) < 4.78 is 16.6. The molecule has 0 aliphatic heterocycles. The first-order valence-electron chi connectivity index (χ1n) is 6.64. The molecule has 9 nitrogen and oxygen atoms in total. The molecule has 2 aromatic heterocycles. The van der Waals surface area contributed by atoms with Gasteiger partial charge in [0.25, 0.3) is 5.95 Å². The molecule has 2 heterocycles. The number of rotatable bonds is 5. The maximum absolute atomic E-state index is 5.13. The molecular formula is C14H14N6O3. The highest BCUT2D eigenvalue weighted by Crippen LogP contribution is 2.21. The van der Waals surface area contributed by atoms with E-state index in [0.29, 0.717) is 5.69 Å². The van der Waals surface area contributed by atoms with E-state index in [1.54, 1.807) is 13.3 Å². The highest BCUT2D eigenvalue weighted by atomic mass is 16.5.